The number of nitrogens with zero attached hydrogens (tertiary/aromatic N) is 2. The van der Waals surface area contributed by atoms with Crippen molar-refractivity contribution >= 4 is 68.9 Å². The zero-order valence-electron chi connectivity index (χ0n) is 13.9. The monoisotopic (exact) mass is 404 g/mol. The molecule has 3 rings (SSSR count). The highest BCUT2D eigenvalue weighted by Crippen LogP contribution is 2.35. The average molecular weight is 405 g/mol. The lowest BCUT2D eigenvalue weighted by atomic mass is 10.1. The first-order valence-electron chi connectivity index (χ1n) is 7.85. The fourth-order valence-electron chi connectivity index (χ4n) is 2.68. The van der Waals surface area contributed by atoms with Crippen LogP contribution in [0.3, 0.4) is 0 Å². The van der Waals surface area contributed by atoms with Crippen molar-refractivity contribution in [3.63, 3.8) is 0 Å². The van der Waals surface area contributed by atoms with Crippen LogP contribution in [-0.2, 0) is 9.59 Å². The molecule has 1 N–H and O–H groups in total. The molecular formula is C18H16N2O3S3. The zero-order valence-corrected chi connectivity index (χ0v) is 16.4. The molecule has 1 aliphatic heterocycles. The summed E-state index contributed by atoms with van der Waals surface area (Å²) in [4.78, 5) is 30.3. The highest BCUT2D eigenvalue weighted by Gasteiger charge is 2.40. The van der Waals surface area contributed by atoms with E-state index in [2.05, 4.69) is 4.98 Å². The molecule has 1 amide bonds. The number of fused-ring (bicyclic) bond motifs is 1. The Morgan fingerprint density at radius 2 is 2.27 bits per heavy atom. The first kappa shape index (κ1) is 18.9. The number of carbonyl (C=O) groups excluding carboxylic acids is 1. The van der Waals surface area contributed by atoms with Gasteiger partial charge in [-0.3, -0.25) is 14.7 Å². The number of thioether (sulfide) groups is 2. The van der Waals surface area contributed by atoms with Crippen molar-refractivity contribution < 1.29 is 14.7 Å². The number of carboxylic acid groups (broad SMARTS) is 1. The molecule has 1 atom stereocenters. The molecule has 134 valence electrons. The topological polar surface area (TPSA) is 70.5 Å². The summed E-state index contributed by atoms with van der Waals surface area (Å²) in [5, 5.41) is 10.5. The van der Waals surface area contributed by atoms with E-state index in [4.69, 9.17) is 12.2 Å². The number of rotatable bonds is 6. The number of hydrogen-bond acceptors (Lipinski definition) is 6. The molecule has 26 heavy (non-hydrogen) atoms. The fourth-order valence-corrected chi connectivity index (χ4v) is 4.49. The van der Waals surface area contributed by atoms with Gasteiger partial charge in [0.1, 0.15) is 10.4 Å². The van der Waals surface area contributed by atoms with E-state index in [0.29, 0.717) is 17.1 Å². The van der Waals surface area contributed by atoms with Crippen LogP contribution in [0.1, 0.15) is 12.0 Å². The number of benzene rings is 1. The minimum absolute atomic E-state index is 0.289. The molecule has 8 heteroatoms. The van der Waals surface area contributed by atoms with Crippen LogP contribution >= 0.6 is 35.7 Å². The summed E-state index contributed by atoms with van der Waals surface area (Å²) >= 11 is 7.97. The Labute approximate surface area is 164 Å². The summed E-state index contributed by atoms with van der Waals surface area (Å²) in [5.74, 6) is -0.738. The second-order valence-corrected chi connectivity index (χ2v) is 8.30. The minimum Gasteiger partial charge on any atom is -0.480 e. The molecule has 1 aromatic heterocycles. The fraction of sp³-hybridized carbons (Fsp3) is 0.222. The molecule has 0 spiro atoms. The van der Waals surface area contributed by atoms with Crippen LogP contribution < -0.4 is 0 Å². The normalized spacial score (nSPS) is 17.3. The third-order valence-electron chi connectivity index (χ3n) is 3.94. The Balaban J connectivity index is 1.89. The van der Waals surface area contributed by atoms with E-state index < -0.39 is 12.0 Å². The molecule has 5 nitrogen and oxygen atoms in total. The van der Waals surface area contributed by atoms with Crippen LogP contribution in [0.15, 0.2) is 41.4 Å². The van der Waals surface area contributed by atoms with E-state index in [1.54, 1.807) is 24.0 Å². The van der Waals surface area contributed by atoms with E-state index in [1.165, 1.54) is 4.90 Å². The smallest absolute Gasteiger partial charge is 0.326 e. The number of thiocarbonyl (C=S) groups is 1. The molecule has 2 aromatic rings. The number of aromatic nitrogens is 1. The quantitative estimate of drug-likeness (QED) is 0.582. The van der Waals surface area contributed by atoms with E-state index in [-0.39, 0.29) is 10.2 Å². The summed E-state index contributed by atoms with van der Waals surface area (Å²) < 4.78 is 0.289. The van der Waals surface area contributed by atoms with Crippen molar-refractivity contribution in [2.24, 2.45) is 0 Å². The Morgan fingerprint density at radius 1 is 1.46 bits per heavy atom. The summed E-state index contributed by atoms with van der Waals surface area (Å²) in [6.07, 6.45) is 5.74. The van der Waals surface area contributed by atoms with Gasteiger partial charge in [-0.2, -0.15) is 11.8 Å². The number of aliphatic carboxylic acids is 1. The van der Waals surface area contributed by atoms with E-state index in [9.17, 15) is 14.7 Å². The number of carboxylic acids is 1. The van der Waals surface area contributed by atoms with Crippen LogP contribution in [0, 0.1) is 0 Å². The molecule has 0 unspecified atom stereocenters. The highest BCUT2D eigenvalue weighted by atomic mass is 32.2. The first-order valence-corrected chi connectivity index (χ1v) is 10.5. The van der Waals surface area contributed by atoms with Gasteiger partial charge in [0, 0.05) is 11.6 Å². The van der Waals surface area contributed by atoms with Gasteiger partial charge in [-0.1, -0.05) is 36.1 Å². The van der Waals surface area contributed by atoms with Gasteiger partial charge >= 0.3 is 5.97 Å². The number of hydrogen-bond donors (Lipinski definition) is 1. The van der Waals surface area contributed by atoms with Crippen LogP contribution in [0.5, 0.6) is 0 Å². The first-order chi connectivity index (χ1) is 12.5. The second-order valence-electron chi connectivity index (χ2n) is 5.64. The van der Waals surface area contributed by atoms with Crippen LogP contribution in [0.2, 0.25) is 0 Å². The summed E-state index contributed by atoms with van der Waals surface area (Å²) in [7, 11) is 0. The maximum Gasteiger partial charge on any atom is 0.326 e. The van der Waals surface area contributed by atoms with Crippen LogP contribution in [0.25, 0.3) is 17.0 Å². The lowest BCUT2D eigenvalue weighted by molar-refractivity contribution is -0.145. The van der Waals surface area contributed by atoms with Gasteiger partial charge < -0.3 is 5.11 Å². The molecule has 0 saturated carbocycles. The van der Waals surface area contributed by atoms with Crippen LogP contribution in [-0.4, -0.2) is 49.2 Å². The predicted molar refractivity (Wildman–Crippen MR) is 111 cm³/mol. The largest absolute Gasteiger partial charge is 0.480 e. The lowest BCUT2D eigenvalue weighted by Gasteiger charge is -2.22. The second kappa shape index (κ2) is 8.20. The van der Waals surface area contributed by atoms with Crippen molar-refractivity contribution in [3.8, 4) is 0 Å². The average Bonchev–Trinajstić information content (AvgIpc) is 2.89. The Kier molecular flexibility index (Phi) is 5.95. The van der Waals surface area contributed by atoms with Crippen molar-refractivity contribution in [1.29, 1.82) is 0 Å². The molecule has 1 aliphatic rings. The van der Waals surface area contributed by atoms with E-state index >= 15 is 0 Å². The zero-order chi connectivity index (χ0) is 18.7. The molecule has 0 radical (unpaired) electrons. The molecule has 0 bridgehead atoms. The maximum absolute atomic E-state index is 12.8. The van der Waals surface area contributed by atoms with Gasteiger partial charge in [0.25, 0.3) is 5.91 Å². The van der Waals surface area contributed by atoms with Crippen molar-refractivity contribution in [3.05, 3.63) is 47.0 Å². The van der Waals surface area contributed by atoms with Gasteiger partial charge in [0.2, 0.25) is 0 Å². The summed E-state index contributed by atoms with van der Waals surface area (Å²) in [6.45, 7) is 0. The van der Waals surface area contributed by atoms with Crippen LogP contribution in [0.4, 0.5) is 0 Å². The number of carbonyl (C=O) groups is 2. The standard InChI is InChI=1S/C18H16N2O3S3/c1-25-8-6-14(17(22)23)20-16(21)15(26-18(20)24)10-11-4-5-13-12(9-11)3-2-7-19-13/h2-5,7,9-10,14H,6,8H2,1H3,(H,22,23)/b15-10-/t14-/m1/s1. The van der Waals surface area contributed by atoms with E-state index in [0.717, 1.165) is 28.2 Å². The van der Waals surface area contributed by atoms with Gasteiger partial charge in [-0.15, -0.1) is 0 Å². The third kappa shape index (κ3) is 3.92. The Bertz CT molecular complexity index is 913. The van der Waals surface area contributed by atoms with Gasteiger partial charge in [0.15, 0.2) is 0 Å². The predicted octanol–water partition coefficient (Wildman–Crippen LogP) is 3.64. The molecular weight excluding hydrogens is 388 g/mol. The Hall–Kier alpha value is -1.90. The molecule has 1 fully saturated rings. The summed E-state index contributed by atoms with van der Waals surface area (Å²) in [5.41, 5.74) is 1.72. The number of amides is 1. The van der Waals surface area contributed by atoms with Gasteiger partial charge in [-0.25, -0.2) is 4.79 Å². The molecule has 2 heterocycles. The van der Waals surface area contributed by atoms with Gasteiger partial charge in [-0.05, 0) is 48.3 Å². The maximum atomic E-state index is 12.8. The molecule has 0 aliphatic carbocycles. The highest BCUT2D eigenvalue weighted by molar-refractivity contribution is 8.26. The minimum atomic E-state index is -1.03. The molecule has 1 saturated heterocycles. The molecule has 1 aromatic carbocycles. The summed E-state index contributed by atoms with van der Waals surface area (Å²) in [6, 6.07) is 8.59. The lowest BCUT2D eigenvalue weighted by Crippen LogP contribution is -2.44. The van der Waals surface area contributed by atoms with Crippen molar-refractivity contribution in [2.75, 3.05) is 12.0 Å². The number of pyridine rings is 1. The van der Waals surface area contributed by atoms with Gasteiger partial charge in [0.05, 0.1) is 10.4 Å². The van der Waals surface area contributed by atoms with Crippen molar-refractivity contribution in [2.45, 2.75) is 12.5 Å². The SMILES string of the molecule is CSCC[C@H](C(=O)O)N1C(=O)/C(=C/c2ccc3ncccc3c2)SC1=S. The van der Waals surface area contributed by atoms with Crippen molar-refractivity contribution in [1.82, 2.24) is 9.88 Å². The Morgan fingerprint density at radius 3 is 3.00 bits per heavy atom. The van der Waals surface area contributed by atoms with E-state index in [1.807, 2.05) is 36.6 Å². The third-order valence-corrected chi connectivity index (χ3v) is 5.91.